The van der Waals surface area contributed by atoms with E-state index in [1.807, 2.05) is 6.07 Å². The summed E-state index contributed by atoms with van der Waals surface area (Å²) in [6, 6.07) is 5.18. The largest absolute Gasteiger partial charge is 0.478 e. The molecule has 5 heteroatoms. The van der Waals surface area contributed by atoms with Crippen molar-refractivity contribution in [2.75, 3.05) is 26.7 Å². The van der Waals surface area contributed by atoms with Gasteiger partial charge in [-0.2, -0.15) is 0 Å². The topological polar surface area (TPSA) is 52.6 Å². The van der Waals surface area contributed by atoms with Gasteiger partial charge in [0.15, 0.2) is 0 Å². The van der Waals surface area contributed by atoms with E-state index in [9.17, 15) is 4.79 Å². The molecule has 20 heavy (non-hydrogen) atoms. The van der Waals surface area contributed by atoms with Crippen molar-refractivity contribution in [2.24, 2.45) is 5.92 Å². The summed E-state index contributed by atoms with van der Waals surface area (Å²) in [6.45, 7) is 4.14. The SMILES string of the molecule is CN1CCCC(CNCc2ccc(C(=O)O)cc2Br)C1. The number of carboxylic acids is 1. The Hall–Kier alpha value is -0.910. The lowest BCUT2D eigenvalue weighted by molar-refractivity contribution is 0.0697. The molecule has 0 saturated carbocycles. The average molecular weight is 341 g/mol. The first kappa shape index (κ1) is 15.5. The normalized spacial score (nSPS) is 20.0. The van der Waals surface area contributed by atoms with E-state index in [1.165, 1.54) is 19.4 Å². The quantitative estimate of drug-likeness (QED) is 0.864. The summed E-state index contributed by atoms with van der Waals surface area (Å²) < 4.78 is 0.852. The Bertz CT molecular complexity index is 479. The van der Waals surface area contributed by atoms with Crippen LogP contribution in [0.3, 0.4) is 0 Å². The van der Waals surface area contributed by atoms with Crippen LogP contribution in [-0.4, -0.2) is 42.7 Å². The standard InChI is InChI=1S/C15H21BrN2O2/c1-18-6-2-3-11(10-18)8-17-9-13-5-4-12(15(19)20)7-14(13)16/h4-5,7,11,17H,2-3,6,8-10H2,1H3,(H,19,20). The van der Waals surface area contributed by atoms with Gasteiger partial charge in [-0.1, -0.05) is 22.0 Å². The monoisotopic (exact) mass is 340 g/mol. The number of hydrogen-bond donors (Lipinski definition) is 2. The van der Waals surface area contributed by atoms with Gasteiger partial charge in [-0.15, -0.1) is 0 Å². The maximum atomic E-state index is 10.9. The van der Waals surface area contributed by atoms with Gasteiger partial charge in [0, 0.05) is 17.6 Å². The van der Waals surface area contributed by atoms with Gasteiger partial charge < -0.3 is 15.3 Å². The lowest BCUT2D eigenvalue weighted by atomic mass is 9.98. The molecule has 110 valence electrons. The Morgan fingerprint density at radius 1 is 1.55 bits per heavy atom. The predicted octanol–water partition coefficient (Wildman–Crippen LogP) is 2.58. The molecule has 2 N–H and O–H groups in total. The Labute approximate surface area is 128 Å². The molecule has 2 rings (SSSR count). The number of piperidine rings is 1. The van der Waals surface area contributed by atoms with Crippen LogP contribution in [0.15, 0.2) is 22.7 Å². The molecule has 1 atom stereocenters. The van der Waals surface area contributed by atoms with E-state index in [4.69, 9.17) is 5.11 Å². The van der Waals surface area contributed by atoms with Crippen LogP contribution in [0.1, 0.15) is 28.8 Å². The summed E-state index contributed by atoms with van der Waals surface area (Å²) >= 11 is 3.44. The van der Waals surface area contributed by atoms with Crippen LogP contribution >= 0.6 is 15.9 Å². The second kappa shape index (κ2) is 7.20. The lowest BCUT2D eigenvalue weighted by Crippen LogP contribution is -2.37. The van der Waals surface area contributed by atoms with Crippen molar-refractivity contribution in [1.29, 1.82) is 0 Å². The van der Waals surface area contributed by atoms with Gasteiger partial charge in [-0.3, -0.25) is 0 Å². The molecule has 4 nitrogen and oxygen atoms in total. The lowest BCUT2D eigenvalue weighted by Gasteiger charge is -2.29. The van der Waals surface area contributed by atoms with Gasteiger partial charge in [0.1, 0.15) is 0 Å². The highest BCUT2D eigenvalue weighted by Crippen LogP contribution is 2.19. The third-order valence-corrected chi connectivity index (χ3v) is 4.51. The van der Waals surface area contributed by atoms with Gasteiger partial charge in [0.25, 0.3) is 0 Å². The van der Waals surface area contributed by atoms with Gasteiger partial charge >= 0.3 is 5.97 Å². The summed E-state index contributed by atoms with van der Waals surface area (Å²) in [6.07, 6.45) is 2.57. The van der Waals surface area contributed by atoms with E-state index in [1.54, 1.807) is 12.1 Å². The predicted molar refractivity (Wildman–Crippen MR) is 83.0 cm³/mol. The van der Waals surface area contributed by atoms with E-state index < -0.39 is 5.97 Å². The number of likely N-dealkylation sites (tertiary alicyclic amines) is 1. The first-order valence-electron chi connectivity index (χ1n) is 6.97. The molecule has 0 radical (unpaired) electrons. The molecule has 0 aromatic heterocycles. The minimum Gasteiger partial charge on any atom is -0.478 e. The van der Waals surface area contributed by atoms with Crippen LogP contribution in [0.5, 0.6) is 0 Å². The molecule has 0 spiro atoms. The van der Waals surface area contributed by atoms with E-state index in [2.05, 4.69) is 33.2 Å². The maximum Gasteiger partial charge on any atom is 0.335 e. The van der Waals surface area contributed by atoms with Crippen molar-refractivity contribution < 1.29 is 9.90 Å². The summed E-state index contributed by atoms with van der Waals surface area (Å²) in [5.74, 6) is -0.179. The van der Waals surface area contributed by atoms with Crippen LogP contribution in [-0.2, 0) is 6.54 Å². The molecule has 1 saturated heterocycles. The van der Waals surface area contributed by atoms with Crippen LogP contribution < -0.4 is 5.32 Å². The molecule has 1 aliphatic heterocycles. The molecule has 1 aliphatic rings. The third-order valence-electron chi connectivity index (χ3n) is 3.77. The number of aromatic carboxylic acids is 1. The van der Waals surface area contributed by atoms with Gasteiger partial charge in [-0.25, -0.2) is 4.79 Å². The summed E-state index contributed by atoms with van der Waals surface area (Å²) in [7, 11) is 2.17. The van der Waals surface area contributed by atoms with Crippen LogP contribution in [0.2, 0.25) is 0 Å². The molecular formula is C15H21BrN2O2. The molecule has 0 bridgehead atoms. The van der Waals surface area contributed by atoms with Gasteiger partial charge in [-0.05, 0) is 56.6 Å². The van der Waals surface area contributed by atoms with E-state index >= 15 is 0 Å². The minimum absolute atomic E-state index is 0.314. The molecule has 1 aromatic rings. The number of nitrogens with one attached hydrogen (secondary N) is 1. The van der Waals surface area contributed by atoms with E-state index in [0.29, 0.717) is 11.5 Å². The van der Waals surface area contributed by atoms with Gasteiger partial charge in [0.2, 0.25) is 0 Å². The van der Waals surface area contributed by atoms with Crippen LogP contribution in [0.25, 0.3) is 0 Å². The van der Waals surface area contributed by atoms with Crippen molar-refractivity contribution in [3.63, 3.8) is 0 Å². The summed E-state index contributed by atoms with van der Waals surface area (Å²) in [4.78, 5) is 13.3. The minimum atomic E-state index is -0.893. The van der Waals surface area contributed by atoms with Crippen molar-refractivity contribution in [3.8, 4) is 0 Å². The first-order chi connectivity index (χ1) is 9.56. The molecule has 0 amide bonds. The highest BCUT2D eigenvalue weighted by molar-refractivity contribution is 9.10. The fraction of sp³-hybridized carbons (Fsp3) is 0.533. The number of benzene rings is 1. The summed E-state index contributed by atoms with van der Waals surface area (Å²) in [5.41, 5.74) is 1.41. The van der Waals surface area contributed by atoms with Gasteiger partial charge in [0.05, 0.1) is 5.56 Å². The van der Waals surface area contributed by atoms with E-state index in [0.717, 1.165) is 29.7 Å². The maximum absolute atomic E-state index is 10.9. The smallest absolute Gasteiger partial charge is 0.335 e. The van der Waals surface area contributed by atoms with Crippen molar-refractivity contribution in [3.05, 3.63) is 33.8 Å². The number of hydrogen-bond acceptors (Lipinski definition) is 3. The third kappa shape index (κ3) is 4.30. The number of rotatable bonds is 5. The van der Waals surface area contributed by atoms with Crippen molar-refractivity contribution in [2.45, 2.75) is 19.4 Å². The summed E-state index contributed by atoms with van der Waals surface area (Å²) in [5, 5.41) is 12.4. The average Bonchev–Trinajstić information content (AvgIpc) is 2.40. The molecular weight excluding hydrogens is 320 g/mol. The molecule has 1 heterocycles. The number of halogens is 1. The van der Waals surface area contributed by atoms with Crippen molar-refractivity contribution >= 4 is 21.9 Å². The highest BCUT2D eigenvalue weighted by Gasteiger charge is 2.16. The highest BCUT2D eigenvalue weighted by atomic mass is 79.9. The molecule has 1 unspecified atom stereocenters. The second-order valence-electron chi connectivity index (χ2n) is 5.51. The second-order valence-corrected chi connectivity index (χ2v) is 6.37. The van der Waals surface area contributed by atoms with Crippen LogP contribution in [0, 0.1) is 5.92 Å². The molecule has 1 fully saturated rings. The molecule has 0 aliphatic carbocycles. The zero-order valence-electron chi connectivity index (χ0n) is 11.7. The number of carbonyl (C=O) groups is 1. The molecule has 1 aromatic carbocycles. The first-order valence-corrected chi connectivity index (χ1v) is 7.76. The zero-order valence-corrected chi connectivity index (χ0v) is 13.3. The Morgan fingerprint density at radius 2 is 2.35 bits per heavy atom. The Balaban J connectivity index is 1.83. The Kier molecular flexibility index (Phi) is 5.57. The van der Waals surface area contributed by atoms with Crippen molar-refractivity contribution in [1.82, 2.24) is 10.2 Å². The Morgan fingerprint density at radius 3 is 3.00 bits per heavy atom. The van der Waals surface area contributed by atoms with Crippen LogP contribution in [0.4, 0.5) is 0 Å². The fourth-order valence-electron chi connectivity index (χ4n) is 2.67. The van der Waals surface area contributed by atoms with E-state index in [-0.39, 0.29) is 0 Å². The fourth-order valence-corrected chi connectivity index (χ4v) is 3.19. The number of carboxylic acid groups (broad SMARTS) is 1. The zero-order chi connectivity index (χ0) is 14.5. The number of nitrogens with zero attached hydrogens (tertiary/aromatic N) is 1.